The van der Waals surface area contributed by atoms with Crippen LogP contribution in [0.3, 0.4) is 0 Å². The predicted octanol–water partition coefficient (Wildman–Crippen LogP) is 2.52. The van der Waals surface area contributed by atoms with Gasteiger partial charge in [0.1, 0.15) is 12.7 Å². The number of nitrogens with one attached hydrogen (secondary N) is 2. The first-order valence-corrected chi connectivity index (χ1v) is 10.0. The average molecular weight is 475 g/mol. The summed E-state index contributed by atoms with van der Waals surface area (Å²) in [6.45, 7) is -0.708. The molecule has 0 unspecified atom stereocenters. The lowest BCUT2D eigenvalue weighted by molar-refractivity contribution is -0.147. The molecule has 0 aliphatic rings. The van der Waals surface area contributed by atoms with Crippen molar-refractivity contribution in [3.63, 3.8) is 0 Å². The minimum absolute atomic E-state index is 0.0101. The molecule has 34 heavy (non-hydrogen) atoms. The van der Waals surface area contributed by atoms with Crippen LogP contribution in [-0.4, -0.2) is 45.7 Å². The number of carbonyl (C=O) groups excluding carboxylic acids is 3. The van der Waals surface area contributed by atoms with Crippen molar-refractivity contribution < 1.29 is 32.3 Å². The fraction of sp³-hybridized carbons (Fsp3) is 0.227. The van der Waals surface area contributed by atoms with E-state index in [2.05, 4.69) is 20.7 Å². The summed E-state index contributed by atoms with van der Waals surface area (Å²) in [5.41, 5.74) is -0.199. The van der Waals surface area contributed by atoms with Crippen molar-refractivity contribution in [2.24, 2.45) is 0 Å². The number of ether oxygens (including phenoxy) is 1. The van der Waals surface area contributed by atoms with Gasteiger partial charge >= 0.3 is 12.1 Å². The second-order valence-corrected chi connectivity index (χ2v) is 7.04. The van der Waals surface area contributed by atoms with Crippen molar-refractivity contribution in [3.8, 4) is 5.69 Å². The van der Waals surface area contributed by atoms with Crippen molar-refractivity contribution in [2.45, 2.75) is 19.0 Å². The van der Waals surface area contributed by atoms with E-state index in [-0.39, 0.29) is 36.7 Å². The third kappa shape index (κ3) is 7.15. The molecule has 0 aliphatic heterocycles. The monoisotopic (exact) mass is 475 g/mol. The average Bonchev–Trinajstić information content (AvgIpc) is 3.32. The molecule has 12 heteroatoms. The summed E-state index contributed by atoms with van der Waals surface area (Å²) in [7, 11) is 0. The maximum absolute atomic E-state index is 13.1. The SMILES string of the molecule is O=C(Cc1ccccc1)NCCC(=O)OCC(=O)Nc1cc(C(F)(F)F)ccc1-n1cncn1. The molecule has 2 N–H and O–H groups in total. The van der Waals surface area contributed by atoms with E-state index in [1.807, 2.05) is 6.07 Å². The minimum Gasteiger partial charge on any atom is -0.456 e. The highest BCUT2D eigenvalue weighted by atomic mass is 19.4. The van der Waals surface area contributed by atoms with Crippen molar-refractivity contribution in [2.75, 3.05) is 18.5 Å². The molecular weight excluding hydrogens is 455 g/mol. The zero-order chi connectivity index (χ0) is 24.6. The Kier molecular flexibility index (Phi) is 7.96. The molecule has 0 bridgehead atoms. The maximum atomic E-state index is 13.1. The molecule has 9 nitrogen and oxygen atoms in total. The van der Waals surface area contributed by atoms with Gasteiger partial charge in [-0.25, -0.2) is 9.67 Å². The molecule has 0 aliphatic carbocycles. The van der Waals surface area contributed by atoms with Gasteiger partial charge in [0.25, 0.3) is 5.91 Å². The summed E-state index contributed by atoms with van der Waals surface area (Å²) in [6, 6.07) is 11.8. The summed E-state index contributed by atoms with van der Waals surface area (Å²) >= 11 is 0. The fourth-order valence-corrected chi connectivity index (χ4v) is 2.90. The molecular formula is C22H20F3N5O4. The summed E-state index contributed by atoms with van der Waals surface area (Å²) in [6.07, 6.45) is -2.21. The zero-order valence-electron chi connectivity index (χ0n) is 17.7. The van der Waals surface area contributed by atoms with Crippen LogP contribution in [-0.2, 0) is 31.7 Å². The first-order valence-electron chi connectivity index (χ1n) is 10.0. The lowest BCUT2D eigenvalue weighted by atomic mass is 10.1. The van der Waals surface area contributed by atoms with Crippen molar-refractivity contribution >= 4 is 23.5 Å². The lowest BCUT2D eigenvalue weighted by Crippen LogP contribution is -2.29. The molecule has 1 heterocycles. The van der Waals surface area contributed by atoms with E-state index in [9.17, 15) is 27.6 Å². The smallest absolute Gasteiger partial charge is 0.416 e. The van der Waals surface area contributed by atoms with E-state index in [0.717, 1.165) is 23.8 Å². The van der Waals surface area contributed by atoms with Gasteiger partial charge in [-0.15, -0.1) is 0 Å². The number of carbonyl (C=O) groups is 3. The summed E-state index contributed by atoms with van der Waals surface area (Å²) in [5, 5.41) is 8.71. The van der Waals surface area contributed by atoms with Crippen molar-refractivity contribution in [1.29, 1.82) is 0 Å². The summed E-state index contributed by atoms with van der Waals surface area (Å²) in [5.74, 6) is -1.88. The summed E-state index contributed by atoms with van der Waals surface area (Å²) in [4.78, 5) is 39.7. The molecule has 0 atom stereocenters. The topological polar surface area (TPSA) is 115 Å². The molecule has 0 saturated carbocycles. The van der Waals surface area contributed by atoms with Gasteiger partial charge in [-0.1, -0.05) is 30.3 Å². The first kappa shape index (κ1) is 24.4. The standard InChI is InChI=1S/C22H20F3N5O4/c23-22(24,25)16-6-7-18(30-14-26-13-28-30)17(11-16)29-20(32)12-34-21(33)8-9-27-19(31)10-15-4-2-1-3-5-15/h1-7,11,13-14H,8-10,12H2,(H,27,31)(H,29,32). The Morgan fingerprint density at radius 3 is 2.47 bits per heavy atom. The molecule has 3 aromatic rings. The molecule has 1 aromatic heterocycles. The van der Waals surface area contributed by atoms with Crippen LogP contribution in [0, 0.1) is 0 Å². The van der Waals surface area contributed by atoms with E-state index in [4.69, 9.17) is 4.74 Å². The van der Waals surface area contributed by atoms with Gasteiger partial charge in [-0.3, -0.25) is 14.4 Å². The Balaban J connectivity index is 1.49. The molecule has 178 valence electrons. The van der Waals surface area contributed by atoms with Gasteiger partial charge < -0.3 is 15.4 Å². The van der Waals surface area contributed by atoms with Gasteiger partial charge in [0.05, 0.1) is 29.8 Å². The highest BCUT2D eigenvalue weighted by Crippen LogP contribution is 2.33. The third-order valence-electron chi connectivity index (χ3n) is 4.49. The first-order chi connectivity index (χ1) is 16.2. The number of esters is 1. The second-order valence-electron chi connectivity index (χ2n) is 7.04. The molecule has 0 spiro atoms. The van der Waals surface area contributed by atoms with Crippen LogP contribution in [0.4, 0.5) is 18.9 Å². The Bertz CT molecular complexity index is 1140. The van der Waals surface area contributed by atoms with Crippen molar-refractivity contribution in [3.05, 3.63) is 72.3 Å². The van der Waals surface area contributed by atoms with Crippen LogP contribution in [0.5, 0.6) is 0 Å². The van der Waals surface area contributed by atoms with Crippen LogP contribution in [0.15, 0.2) is 61.2 Å². The van der Waals surface area contributed by atoms with Crippen LogP contribution < -0.4 is 10.6 Å². The largest absolute Gasteiger partial charge is 0.456 e. The van der Waals surface area contributed by atoms with Gasteiger partial charge in [0.15, 0.2) is 6.61 Å². The zero-order valence-corrected chi connectivity index (χ0v) is 17.7. The number of alkyl halides is 3. The van der Waals surface area contributed by atoms with E-state index in [1.165, 1.54) is 17.3 Å². The Morgan fingerprint density at radius 2 is 1.79 bits per heavy atom. The number of amides is 2. The van der Waals surface area contributed by atoms with Crippen LogP contribution >= 0.6 is 0 Å². The number of anilines is 1. The number of hydrogen-bond acceptors (Lipinski definition) is 6. The number of aromatic nitrogens is 3. The Labute approximate surface area is 191 Å². The minimum atomic E-state index is -4.63. The molecule has 3 rings (SSSR count). The van der Waals surface area contributed by atoms with Gasteiger partial charge in [0, 0.05) is 6.54 Å². The van der Waals surface area contributed by atoms with Crippen LogP contribution in [0.1, 0.15) is 17.5 Å². The third-order valence-corrected chi connectivity index (χ3v) is 4.49. The number of hydrogen-bond donors (Lipinski definition) is 2. The Hall–Kier alpha value is -4.22. The quantitative estimate of drug-likeness (QED) is 0.460. The summed E-state index contributed by atoms with van der Waals surface area (Å²) < 4.78 is 45.3. The van der Waals surface area contributed by atoms with E-state index in [0.29, 0.717) is 0 Å². The molecule has 0 fully saturated rings. The van der Waals surface area contributed by atoms with Gasteiger partial charge in [-0.2, -0.15) is 18.3 Å². The number of rotatable bonds is 9. The van der Waals surface area contributed by atoms with Gasteiger partial charge in [0.2, 0.25) is 5.91 Å². The number of benzene rings is 2. The van der Waals surface area contributed by atoms with Crippen LogP contribution in [0.2, 0.25) is 0 Å². The fourth-order valence-electron chi connectivity index (χ4n) is 2.90. The van der Waals surface area contributed by atoms with Crippen LogP contribution in [0.25, 0.3) is 5.69 Å². The molecule has 2 amide bonds. The van der Waals surface area contributed by atoms with E-state index in [1.54, 1.807) is 24.3 Å². The van der Waals surface area contributed by atoms with E-state index < -0.39 is 30.2 Å². The highest BCUT2D eigenvalue weighted by Gasteiger charge is 2.31. The highest BCUT2D eigenvalue weighted by molar-refractivity contribution is 5.94. The lowest BCUT2D eigenvalue weighted by Gasteiger charge is -2.14. The van der Waals surface area contributed by atoms with Gasteiger partial charge in [-0.05, 0) is 23.8 Å². The molecule has 2 aromatic carbocycles. The molecule has 0 saturated heterocycles. The maximum Gasteiger partial charge on any atom is 0.416 e. The number of halogens is 3. The number of nitrogens with zero attached hydrogens (tertiary/aromatic N) is 3. The van der Waals surface area contributed by atoms with E-state index >= 15 is 0 Å². The molecule has 0 radical (unpaired) electrons. The predicted molar refractivity (Wildman–Crippen MR) is 114 cm³/mol. The normalized spacial score (nSPS) is 11.0. The van der Waals surface area contributed by atoms with Crippen molar-refractivity contribution in [1.82, 2.24) is 20.1 Å². The Morgan fingerprint density at radius 1 is 1.03 bits per heavy atom. The second kappa shape index (κ2) is 11.1.